The van der Waals surface area contributed by atoms with E-state index in [1.807, 2.05) is 18.2 Å². The molecule has 32 heavy (non-hydrogen) atoms. The Morgan fingerprint density at radius 1 is 1.06 bits per heavy atom. The molecule has 0 spiro atoms. The lowest BCUT2D eigenvalue weighted by molar-refractivity contribution is -0.121. The molecule has 3 amide bonds. The van der Waals surface area contributed by atoms with Crippen LogP contribution in [0.25, 0.3) is 10.2 Å². The summed E-state index contributed by atoms with van der Waals surface area (Å²) in [5, 5.41) is 6.25. The Morgan fingerprint density at radius 2 is 1.84 bits per heavy atom. The van der Waals surface area contributed by atoms with Crippen molar-refractivity contribution >= 4 is 39.2 Å². The number of amides is 3. The molecule has 1 fully saturated rings. The van der Waals surface area contributed by atoms with Crippen molar-refractivity contribution in [3.8, 4) is 11.5 Å². The number of benzene rings is 2. The van der Waals surface area contributed by atoms with Crippen molar-refractivity contribution in [1.82, 2.24) is 15.2 Å². The first-order chi connectivity index (χ1) is 15.6. The number of nitrogens with one attached hydrogen (secondary N) is 2. The number of ether oxygens (including phenoxy) is 2. The molecule has 0 radical (unpaired) electrons. The van der Waals surface area contributed by atoms with E-state index in [0.29, 0.717) is 36.3 Å². The van der Waals surface area contributed by atoms with Crippen molar-refractivity contribution in [3.63, 3.8) is 0 Å². The molecule has 2 aliphatic heterocycles. The minimum atomic E-state index is -0.559. The van der Waals surface area contributed by atoms with Gasteiger partial charge in [-0.1, -0.05) is 12.1 Å². The van der Waals surface area contributed by atoms with E-state index in [2.05, 4.69) is 21.6 Å². The average Bonchev–Trinajstić information content (AvgIpc) is 3.23. The predicted octanol–water partition coefficient (Wildman–Crippen LogP) is 3.60. The van der Waals surface area contributed by atoms with Crippen LogP contribution in [0.3, 0.4) is 0 Å². The molecule has 0 bridgehead atoms. The van der Waals surface area contributed by atoms with E-state index >= 15 is 0 Å². The Hall–Kier alpha value is -3.17. The minimum Gasteiger partial charge on any atom is -0.486 e. The number of carbonyl (C=O) groups is 2. The Balaban J connectivity index is 1.09. The topological polar surface area (TPSA) is 92.8 Å². The van der Waals surface area contributed by atoms with Gasteiger partial charge in [0.15, 0.2) is 11.5 Å². The van der Waals surface area contributed by atoms with Crippen molar-refractivity contribution < 1.29 is 19.1 Å². The largest absolute Gasteiger partial charge is 0.486 e. The van der Waals surface area contributed by atoms with Crippen molar-refractivity contribution in [3.05, 3.63) is 47.5 Å². The van der Waals surface area contributed by atoms with Crippen LogP contribution in [0, 0.1) is 0 Å². The van der Waals surface area contributed by atoms with E-state index in [9.17, 15) is 9.59 Å². The smallest absolute Gasteiger partial charge is 0.325 e. The second kappa shape index (κ2) is 9.13. The lowest BCUT2D eigenvalue weighted by atomic mass is 9.97. The Bertz CT molecular complexity index is 1110. The van der Waals surface area contributed by atoms with Gasteiger partial charge in [0.1, 0.15) is 13.2 Å². The number of hydrogen-bond acceptors (Lipinski definition) is 7. The molecular weight excluding hydrogens is 428 g/mol. The Kier molecular flexibility index (Phi) is 5.91. The predicted molar refractivity (Wildman–Crippen MR) is 123 cm³/mol. The zero-order valence-corrected chi connectivity index (χ0v) is 18.3. The van der Waals surface area contributed by atoms with E-state index in [1.165, 1.54) is 9.71 Å². The van der Waals surface area contributed by atoms with E-state index in [0.717, 1.165) is 31.4 Å². The summed E-state index contributed by atoms with van der Waals surface area (Å²) in [6, 6.07) is 12.8. The number of rotatable bonds is 4. The van der Waals surface area contributed by atoms with Crippen LogP contribution in [0.1, 0.15) is 23.8 Å². The zero-order chi connectivity index (χ0) is 21.9. The van der Waals surface area contributed by atoms with Crippen LogP contribution in [0.4, 0.5) is 10.5 Å². The standard InChI is InChI=1S/C23H24N4O4S/c28-21(26-23(29)24-16-5-6-18-19(13-16)31-12-11-30-18)14-27-9-7-15(8-10-27)22-25-17-3-1-2-4-20(17)32-22/h1-6,13,15H,7-12,14H2,(H2,24,26,28,29). The fourth-order valence-electron chi connectivity index (χ4n) is 4.06. The molecule has 2 aliphatic rings. The van der Waals surface area contributed by atoms with Gasteiger partial charge in [-0.3, -0.25) is 15.0 Å². The maximum Gasteiger partial charge on any atom is 0.325 e. The highest BCUT2D eigenvalue weighted by Crippen LogP contribution is 2.34. The molecule has 166 valence electrons. The molecular formula is C23H24N4O4S. The molecule has 1 saturated heterocycles. The van der Waals surface area contributed by atoms with Crippen LogP contribution >= 0.6 is 11.3 Å². The quantitative estimate of drug-likeness (QED) is 0.628. The number of piperidine rings is 1. The number of thiazole rings is 1. The maximum atomic E-state index is 12.3. The van der Waals surface area contributed by atoms with Gasteiger partial charge in [-0.15, -0.1) is 11.3 Å². The van der Waals surface area contributed by atoms with E-state index in [1.54, 1.807) is 29.5 Å². The number of imide groups is 1. The average molecular weight is 453 g/mol. The fourth-order valence-corrected chi connectivity index (χ4v) is 5.19. The third kappa shape index (κ3) is 4.68. The van der Waals surface area contributed by atoms with Gasteiger partial charge in [-0.2, -0.15) is 0 Å². The van der Waals surface area contributed by atoms with Crippen LogP contribution in [-0.4, -0.2) is 54.7 Å². The first kappa shape index (κ1) is 20.7. The van der Waals surface area contributed by atoms with Crippen molar-refractivity contribution in [1.29, 1.82) is 0 Å². The molecule has 3 aromatic rings. The van der Waals surface area contributed by atoms with Gasteiger partial charge in [-0.05, 0) is 50.2 Å². The Labute approximate surface area is 189 Å². The SMILES string of the molecule is O=C(CN1CCC(c2nc3ccccc3s2)CC1)NC(=O)Nc1ccc2c(c1)OCCO2. The zero-order valence-electron chi connectivity index (χ0n) is 17.5. The lowest BCUT2D eigenvalue weighted by Crippen LogP contribution is -2.44. The molecule has 5 rings (SSSR count). The van der Waals surface area contributed by atoms with Gasteiger partial charge < -0.3 is 14.8 Å². The van der Waals surface area contributed by atoms with E-state index in [4.69, 9.17) is 14.5 Å². The molecule has 3 heterocycles. The van der Waals surface area contributed by atoms with E-state index in [-0.39, 0.29) is 12.5 Å². The number of fused-ring (bicyclic) bond motifs is 2. The lowest BCUT2D eigenvalue weighted by Gasteiger charge is -2.30. The molecule has 8 nitrogen and oxygen atoms in total. The number of carbonyl (C=O) groups excluding carboxylic acids is 2. The highest BCUT2D eigenvalue weighted by molar-refractivity contribution is 7.18. The van der Waals surface area contributed by atoms with Gasteiger partial charge in [0.25, 0.3) is 0 Å². The number of para-hydroxylation sites is 1. The summed E-state index contributed by atoms with van der Waals surface area (Å²) in [6.45, 7) is 2.78. The number of anilines is 1. The monoisotopic (exact) mass is 452 g/mol. The molecule has 0 unspecified atom stereocenters. The van der Waals surface area contributed by atoms with Gasteiger partial charge in [0.2, 0.25) is 5.91 Å². The second-order valence-corrected chi connectivity index (χ2v) is 8.99. The summed E-state index contributed by atoms with van der Waals surface area (Å²) in [5.74, 6) is 1.33. The molecule has 1 aromatic heterocycles. The molecule has 0 atom stereocenters. The molecule has 2 N–H and O–H groups in total. The van der Waals surface area contributed by atoms with Crippen molar-refractivity contribution in [2.45, 2.75) is 18.8 Å². The first-order valence-corrected chi connectivity index (χ1v) is 11.5. The summed E-state index contributed by atoms with van der Waals surface area (Å²) in [5.41, 5.74) is 1.59. The third-order valence-electron chi connectivity index (χ3n) is 5.67. The summed E-state index contributed by atoms with van der Waals surface area (Å²) in [7, 11) is 0. The van der Waals surface area contributed by atoms with Gasteiger partial charge in [-0.25, -0.2) is 9.78 Å². The summed E-state index contributed by atoms with van der Waals surface area (Å²) in [6.07, 6.45) is 1.91. The second-order valence-electron chi connectivity index (χ2n) is 7.93. The van der Waals surface area contributed by atoms with Gasteiger partial charge in [0.05, 0.1) is 21.8 Å². The maximum absolute atomic E-state index is 12.3. The summed E-state index contributed by atoms with van der Waals surface area (Å²) >= 11 is 1.76. The number of hydrogen-bond donors (Lipinski definition) is 2. The van der Waals surface area contributed by atoms with E-state index < -0.39 is 6.03 Å². The number of nitrogens with zero attached hydrogens (tertiary/aromatic N) is 2. The fraction of sp³-hybridized carbons (Fsp3) is 0.348. The van der Waals surface area contributed by atoms with Crippen LogP contribution in [0.5, 0.6) is 11.5 Å². The van der Waals surface area contributed by atoms with Crippen LogP contribution < -0.4 is 20.1 Å². The normalized spacial score (nSPS) is 16.6. The van der Waals surface area contributed by atoms with Crippen molar-refractivity contribution in [2.75, 3.05) is 38.2 Å². The first-order valence-electron chi connectivity index (χ1n) is 10.7. The summed E-state index contributed by atoms with van der Waals surface area (Å²) < 4.78 is 12.2. The highest BCUT2D eigenvalue weighted by atomic mass is 32.1. The number of likely N-dealkylation sites (tertiary alicyclic amines) is 1. The van der Waals surface area contributed by atoms with Crippen molar-refractivity contribution in [2.24, 2.45) is 0 Å². The highest BCUT2D eigenvalue weighted by Gasteiger charge is 2.25. The van der Waals surface area contributed by atoms with Gasteiger partial charge >= 0.3 is 6.03 Å². The number of urea groups is 1. The van der Waals surface area contributed by atoms with Crippen LogP contribution in [-0.2, 0) is 4.79 Å². The van der Waals surface area contributed by atoms with Crippen LogP contribution in [0.15, 0.2) is 42.5 Å². The minimum absolute atomic E-state index is 0.196. The molecule has 0 aliphatic carbocycles. The molecule has 9 heteroatoms. The molecule has 0 saturated carbocycles. The third-order valence-corrected chi connectivity index (χ3v) is 6.87. The summed E-state index contributed by atoms with van der Waals surface area (Å²) in [4.78, 5) is 31.4. The molecule has 2 aromatic carbocycles. The van der Waals surface area contributed by atoms with Gasteiger partial charge in [0, 0.05) is 17.7 Å². The van der Waals surface area contributed by atoms with Crippen LogP contribution in [0.2, 0.25) is 0 Å². The Morgan fingerprint density at radius 3 is 2.66 bits per heavy atom. The number of aromatic nitrogens is 1.